The van der Waals surface area contributed by atoms with Gasteiger partial charge in [0.1, 0.15) is 5.03 Å². The first-order valence-electron chi connectivity index (χ1n) is 7.23. The first kappa shape index (κ1) is 18.2. The fourth-order valence-electron chi connectivity index (χ4n) is 1.72. The average Bonchev–Trinajstić information content (AvgIpc) is 2.60. The number of rotatable bonds is 7. The van der Waals surface area contributed by atoms with Crippen LogP contribution in [0.4, 0.5) is 0 Å². The number of aromatic nitrogens is 2. The fourth-order valence-corrected chi connectivity index (χ4v) is 2.94. The lowest BCUT2D eigenvalue weighted by Crippen LogP contribution is -2.19. The molecule has 124 valence electrons. The van der Waals surface area contributed by atoms with Crippen molar-refractivity contribution in [1.29, 1.82) is 0 Å². The number of allylic oxidation sites excluding steroid dienone is 1. The minimum Gasteiger partial charge on any atom is -0.272 e. The summed E-state index contributed by atoms with van der Waals surface area (Å²) in [6, 6.07) is 11.8. The van der Waals surface area contributed by atoms with Crippen molar-refractivity contribution in [2.24, 2.45) is 5.10 Å². The maximum atomic E-state index is 11.8. The molecule has 0 atom stereocenters. The van der Waals surface area contributed by atoms with Crippen molar-refractivity contribution in [1.82, 2.24) is 15.4 Å². The van der Waals surface area contributed by atoms with Crippen molar-refractivity contribution in [3.8, 4) is 0 Å². The minimum absolute atomic E-state index is 0.194. The second kappa shape index (κ2) is 9.89. The van der Waals surface area contributed by atoms with Crippen LogP contribution in [0.25, 0.3) is 6.08 Å². The first-order valence-corrected chi connectivity index (χ1v) is 9.44. The van der Waals surface area contributed by atoms with E-state index in [4.69, 9.17) is 0 Å². The Labute approximate surface area is 150 Å². The number of benzene rings is 1. The van der Waals surface area contributed by atoms with E-state index in [0.29, 0.717) is 5.16 Å². The maximum absolute atomic E-state index is 11.8. The molecule has 1 amide bonds. The van der Waals surface area contributed by atoms with Crippen LogP contribution in [0.2, 0.25) is 0 Å². The second-order valence-electron chi connectivity index (χ2n) is 4.71. The van der Waals surface area contributed by atoms with E-state index in [0.717, 1.165) is 16.3 Å². The molecule has 0 fully saturated rings. The van der Waals surface area contributed by atoms with E-state index < -0.39 is 0 Å². The lowest BCUT2D eigenvalue weighted by Gasteiger charge is -2.03. The number of aryl methyl sites for hydroxylation is 1. The Balaban J connectivity index is 1.76. The van der Waals surface area contributed by atoms with Crippen molar-refractivity contribution in [2.45, 2.75) is 17.1 Å². The average molecular weight is 358 g/mol. The second-order valence-corrected chi connectivity index (χ2v) is 6.47. The number of nitrogens with one attached hydrogen (secondary N) is 1. The number of amides is 1. The zero-order valence-corrected chi connectivity index (χ0v) is 15.1. The van der Waals surface area contributed by atoms with Crippen molar-refractivity contribution < 1.29 is 4.79 Å². The molecule has 0 unspecified atom stereocenters. The zero-order chi connectivity index (χ0) is 17.2. The summed E-state index contributed by atoms with van der Waals surface area (Å²) in [4.78, 5) is 20.4. The van der Waals surface area contributed by atoms with Gasteiger partial charge in [0, 0.05) is 11.9 Å². The van der Waals surface area contributed by atoms with E-state index in [2.05, 4.69) is 20.5 Å². The van der Waals surface area contributed by atoms with Crippen molar-refractivity contribution in [3.05, 3.63) is 53.7 Å². The molecule has 2 rings (SSSR count). The highest BCUT2D eigenvalue weighted by atomic mass is 32.2. The zero-order valence-electron chi connectivity index (χ0n) is 13.5. The van der Waals surface area contributed by atoms with Crippen molar-refractivity contribution >= 4 is 41.7 Å². The molecule has 0 saturated carbocycles. The predicted octanol–water partition coefficient (Wildman–Crippen LogP) is 3.41. The molecular formula is C17H18N4OS2. The number of carbonyl (C=O) groups excluding carboxylic acids is 1. The summed E-state index contributed by atoms with van der Waals surface area (Å²) < 4.78 is 0. The van der Waals surface area contributed by atoms with E-state index in [-0.39, 0.29) is 11.7 Å². The van der Waals surface area contributed by atoms with Crippen molar-refractivity contribution in [3.63, 3.8) is 0 Å². The first-order chi connectivity index (χ1) is 11.7. The highest BCUT2D eigenvalue weighted by molar-refractivity contribution is 8.00. The van der Waals surface area contributed by atoms with Crippen LogP contribution in [0.5, 0.6) is 0 Å². The Morgan fingerprint density at radius 3 is 2.83 bits per heavy atom. The van der Waals surface area contributed by atoms with Gasteiger partial charge in [0.2, 0.25) is 0 Å². The summed E-state index contributed by atoms with van der Waals surface area (Å²) in [7, 11) is 0. The SMILES string of the molecule is CSc1cc(C)nc(SCC(=O)N/N=C/C=C/c2ccccc2)n1. The molecule has 2 aromatic rings. The van der Waals surface area contributed by atoms with Gasteiger partial charge in [0.25, 0.3) is 5.91 Å². The third kappa shape index (κ3) is 6.55. The van der Waals surface area contributed by atoms with Gasteiger partial charge in [-0.2, -0.15) is 5.10 Å². The standard InChI is InChI=1S/C17H18N4OS2/c1-13-11-16(23-2)20-17(19-13)24-12-15(22)21-18-10-6-9-14-7-4-3-5-8-14/h3-11H,12H2,1-2H3,(H,21,22)/b9-6+,18-10+. The minimum atomic E-state index is -0.194. The summed E-state index contributed by atoms with van der Waals surface area (Å²) >= 11 is 2.85. The van der Waals surface area contributed by atoms with E-state index in [1.165, 1.54) is 11.8 Å². The molecule has 0 radical (unpaired) electrons. The van der Waals surface area contributed by atoms with Gasteiger partial charge in [0.15, 0.2) is 5.16 Å². The Morgan fingerprint density at radius 2 is 2.08 bits per heavy atom. The number of hydrogen-bond acceptors (Lipinski definition) is 6. The van der Waals surface area contributed by atoms with Gasteiger partial charge in [-0.15, -0.1) is 11.8 Å². The van der Waals surface area contributed by atoms with Gasteiger partial charge in [0.05, 0.1) is 5.75 Å². The molecule has 0 aliphatic heterocycles. The van der Waals surface area contributed by atoms with Crippen LogP contribution in [0.3, 0.4) is 0 Å². The molecule has 1 N–H and O–H groups in total. The molecule has 0 bridgehead atoms. The summed E-state index contributed by atoms with van der Waals surface area (Å²) in [5.74, 6) is 0.0250. The molecule has 7 heteroatoms. The molecule has 24 heavy (non-hydrogen) atoms. The molecule has 0 aliphatic rings. The molecule has 1 aromatic carbocycles. The Kier molecular flexibility index (Phi) is 7.51. The molecule has 0 aliphatic carbocycles. The van der Waals surface area contributed by atoms with E-state index in [9.17, 15) is 4.79 Å². The Morgan fingerprint density at radius 1 is 1.29 bits per heavy atom. The molecule has 1 aromatic heterocycles. The normalized spacial score (nSPS) is 11.2. The lowest BCUT2D eigenvalue weighted by molar-refractivity contribution is -0.118. The van der Waals surface area contributed by atoms with Crippen LogP contribution < -0.4 is 5.43 Å². The third-order valence-electron chi connectivity index (χ3n) is 2.79. The summed E-state index contributed by atoms with van der Waals surface area (Å²) in [5.41, 5.74) is 4.45. The molecule has 1 heterocycles. The number of carbonyl (C=O) groups is 1. The highest BCUT2D eigenvalue weighted by Gasteiger charge is 2.06. The van der Waals surface area contributed by atoms with Crippen LogP contribution in [-0.4, -0.2) is 34.1 Å². The lowest BCUT2D eigenvalue weighted by atomic mass is 10.2. The number of nitrogens with zero attached hydrogens (tertiary/aromatic N) is 3. The molecule has 0 saturated heterocycles. The van der Waals surface area contributed by atoms with E-state index in [1.807, 2.05) is 55.7 Å². The highest BCUT2D eigenvalue weighted by Crippen LogP contribution is 2.18. The smallest absolute Gasteiger partial charge is 0.250 e. The Hall–Kier alpha value is -2.12. The van der Waals surface area contributed by atoms with E-state index >= 15 is 0 Å². The van der Waals surface area contributed by atoms with Crippen LogP contribution >= 0.6 is 23.5 Å². The van der Waals surface area contributed by atoms with Gasteiger partial charge in [-0.3, -0.25) is 4.79 Å². The monoisotopic (exact) mass is 358 g/mol. The number of hydrazone groups is 1. The number of thioether (sulfide) groups is 2. The number of hydrogen-bond donors (Lipinski definition) is 1. The topological polar surface area (TPSA) is 67.2 Å². The van der Waals surface area contributed by atoms with Crippen LogP contribution in [0.15, 0.2) is 57.8 Å². The molecule has 0 spiro atoms. The largest absolute Gasteiger partial charge is 0.272 e. The third-order valence-corrected chi connectivity index (χ3v) is 4.26. The molecule has 5 nitrogen and oxygen atoms in total. The van der Waals surface area contributed by atoms with E-state index in [1.54, 1.807) is 24.1 Å². The fraction of sp³-hybridized carbons (Fsp3) is 0.176. The summed E-state index contributed by atoms with van der Waals surface area (Å²) in [5, 5.41) is 5.38. The van der Waals surface area contributed by atoms with Gasteiger partial charge in [-0.1, -0.05) is 48.2 Å². The van der Waals surface area contributed by atoms with Gasteiger partial charge < -0.3 is 0 Å². The van der Waals surface area contributed by atoms with Crippen molar-refractivity contribution in [2.75, 3.05) is 12.0 Å². The maximum Gasteiger partial charge on any atom is 0.250 e. The quantitative estimate of drug-likeness (QED) is 0.270. The van der Waals surface area contributed by atoms with Crippen LogP contribution in [0.1, 0.15) is 11.3 Å². The Bertz CT molecular complexity index is 733. The van der Waals surface area contributed by atoms with Crippen LogP contribution in [0, 0.1) is 6.92 Å². The van der Waals surface area contributed by atoms with Gasteiger partial charge in [-0.05, 0) is 30.9 Å². The summed E-state index contributed by atoms with van der Waals surface area (Å²) in [6.45, 7) is 1.91. The van der Waals surface area contributed by atoms with Gasteiger partial charge >= 0.3 is 0 Å². The predicted molar refractivity (Wildman–Crippen MR) is 101 cm³/mol. The summed E-state index contributed by atoms with van der Waals surface area (Å²) in [6.07, 6.45) is 7.19. The van der Waals surface area contributed by atoms with Crippen LogP contribution in [-0.2, 0) is 4.79 Å². The molecular weight excluding hydrogens is 340 g/mol. The van der Waals surface area contributed by atoms with Gasteiger partial charge in [-0.25, -0.2) is 15.4 Å².